The molecule has 128 valence electrons. The van der Waals surface area contributed by atoms with E-state index in [1.54, 1.807) is 19.1 Å². The van der Waals surface area contributed by atoms with Crippen LogP contribution in [0.3, 0.4) is 0 Å². The average molecular weight is 396 g/mol. The number of hydrogen-bond donors (Lipinski definition) is 2. The van der Waals surface area contributed by atoms with Crippen LogP contribution < -0.4 is 10.1 Å². The molecule has 0 radical (unpaired) electrons. The van der Waals surface area contributed by atoms with Crippen LogP contribution in [0.2, 0.25) is 0 Å². The Morgan fingerprint density at radius 3 is 2.71 bits per heavy atom. The Morgan fingerprint density at radius 2 is 2.08 bits per heavy atom. The van der Waals surface area contributed by atoms with Crippen molar-refractivity contribution in [2.75, 3.05) is 0 Å². The highest BCUT2D eigenvalue weighted by molar-refractivity contribution is 9.10. The number of aliphatic carboxylic acids is 1. The van der Waals surface area contributed by atoms with Crippen molar-refractivity contribution in [2.24, 2.45) is 0 Å². The molecule has 1 aromatic carbocycles. The van der Waals surface area contributed by atoms with Crippen LogP contribution in [0.25, 0.3) is 0 Å². The quantitative estimate of drug-likeness (QED) is 0.747. The Hall–Kier alpha value is -2.28. The Morgan fingerprint density at radius 1 is 1.33 bits per heavy atom. The summed E-state index contributed by atoms with van der Waals surface area (Å²) in [6.45, 7) is 3.30. The lowest BCUT2D eigenvalue weighted by molar-refractivity contribution is -0.143. The molecule has 2 rings (SSSR count). The number of nitrogens with one attached hydrogen (secondary N) is 1. The molecule has 1 aromatic heterocycles. The molecule has 0 saturated carbocycles. The van der Waals surface area contributed by atoms with Gasteiger partial charge in [-0.25, -0.2) is 4.79 Å². The molecule has 1 heterocycles. The second kappa shape index (κ2) is 7.53. The number of hydrogen-bond acceptors (Lipinski definition) is 4. The van der Waals surface area contributed by atoms with Crippen LogP contribution in [0.15, 0.2) is 45.3 Å². The van der Waals surface area contributed by atoms with Gasteiger partial charge in [-0.3, -0.25) is 4.79 Å². The second-order valence-corrected chi connectivity index (χ2v) is 6.37. The van der Waals surface area contributed by atoms with Crippen LogP contribution in [-0.4, -0.2) is 22.5 Å². The lowest BCUT2D eigenvalue weighted by Gasteiger charge is -2.23. The van der Waals surface area contributed by atoms with Crippen LogP contribution in [0, 0.1) is 0 Å². The summed E-state index contributed by atoms with van der Waals surface area (Å²) in [5.41, 5.74) is -1.34. The normalized spacial score (nSPS) is 13.1. The lowest BCUT2D eigenvalue weighted by atomic mass is 9.99. The van der Waals surface area contributed by atoms with Gasteiger partial charge in [0.15, 0.2) is 5.76 Å². The topological polar surface area (TPSA) is 88.8 Å². The third kappa shape index (κ3) is 4.38. The maximum absolute atomic E-state index is 12.1. The maximum atomic E-state index is 12.1. The number of carbonyl (C=O) groups is 2. The van der Waals surface area contributed by atoms with Crippen LogP contribution in [0.5, 0.6) is 5.75 Å². The standard InChI is InChI=1S/C17H18BrNO5/c1-3-17(2,16(21)22)19-15(20)14-8-7-13(24-14)10-23-12-6-4-5-11(18)9-12/h4-9H,3,10H2,1-2H3,(H,19,20)(H,21,22). The van der Waals surface area contributed by atoms with Gasteiger partial charge in [0.2, 0.25) is 0 Å². The smallest absolute Gasteiger partial charge is 0.329 e. The van der Waals surface area contributed by atoms with Crippen LogP contribution >= 0.6 is 15.9 Å². The summed E-state index contributed by atoms with van der Waals surface area (Å²) in [6, 6.07) is 10.5. The fourth-order valence-corrected chi connectivity index (χ4v) is 2.27. The fourth-order valence-electron chi connectivity index (χ4n) is 1.89. The highest BCUT2D eigenvalue weighted by Crippen LogP contribution is 2.20. The molecule has 0 aliphatic rings. The zero-order chi connectivity index (χ0) is 17.7. The number of ether oxygens (including phenoxy) is 1. The van der Waals surface area contributed by atoms with E-state index in [9.17, 15) is 14.7 Å². The molecule has 0 saturated heterocycles. The average Bonchev–Trinajstić information content (AvgIpc) is 3.02. The second-order valence-electron chi connectivity index (χ2n) is 5.46. The van der Waals surface area contributed by atoms with Crippen molar-refractivity contribution < 1.29 is 23.8 Å². The molecule has 0 bridgehead atoms. The molecule has 6 nitrogen and oxygen atoms in total. The number of carbonyl (C=O) groups excluding carboxylic acids is 1. The van der Waals surface area contributed by atoms with Crippen LogP contribution in [0.4, 0.5) is 0 Å². The molecular weight excluding hydrogens is 378 g/mol. The molecule has 0 spiro atoms. The van der Waals surface area contributed by atoms with Crippen molar-refractivity contribution in [3.63, 3.8) is 0 Å². The van der Waals surface area contributed by atoms with Gasteiger partial charge in [0, 0.05) is 4.47 Å². The highest BCUT2D eigenvalue weighted by Gasteiger charge is 2.33. The summed E-state index contributed by atoms with van der Waals surface area (Å²) in [5, 5.41) is 11.7. The Labute approximate surface area is 147 Å². The number of carboxylic acid groups (broad SMARTS) is 1. The first-order valence-electron chi connectivity index (χ1n) is 7.37. The van der Waals surface area contributed by atoms with Gasteiger partial charge in [0.05, 0.1) is 0 Å². The van der Waals surface area contributed by atoms with E-state index in [-0.39, 0.29) is 18.8 Å². The van der Waals surface area contributed by atoms with Crippen molar-refractivity contribution in [1.29, 1.82) is 0 Å². The van der Waals surface area contributed by atoms with Crippen LogP contribution in [-0.2, 0) is 11.4 Å². The van der Waals surface area contributed by atoms with E-state index in [1.165, 1.54) is 13.0 Å². The summed E-state index contributed by atoms with van der Waals surface area (Å²) >= 11 is 3.35. The van der Waals surface area contributed by atoms with Crippen molar-refractivity contribution >= 4 is 27.8 Å². The van der Waals surface area contributed by atoms with Gasteiger partial charge in [0.25, 0.3) is 5.91 Å². The Bertz CT molecular complexity index is 742. The van der Waals surface area contributed by atoms with E-state index in [4.69, 9.17) is 9.15 Å². The summed E-state index contributed by atoms with van der Waals surface area (Å²) in [6.07, 6.45) is 0.258. The number of furan rings is 1. The van der Waals surface area contributed by atoms with Gasteiger partial charge in [-0.15, -0.1) is 0 Å². The molecule has 24 heavy (non-hydrogen) atoms. The summed E-state index contributed by atoms with van der Waals surface area (Å²) in [5.74, 6) is -0.493. The molecule has 0 aliphatic carbocycles. The number of benzene rings is 1. The van der Waals surface area contributed by atoms with Gasteiger partial charge >= 0.3 is 5.97 Å². The molecule has 1 amide bonds. The first-order chi connectivity index (χ1) is 11.3. The van der Waals surface area contributed by atoms with E-state index in [0.717, 1.165) is 4.47 Å². The zero-order valence-corrected chi connectivity index (χ0v) is 14.9. The molecule has 2 N–H and O–H groups in total. The van der Waals surface area contributed by atoms with Crippen molar-refractivity contribution in [2.45, 2.75) is 32.4 Å². The van der Waals surface area contributed by atoms with E-state index >= 15 is 0 Å². The van der Waals surface area contributed by atoms with Gasteiger partial charge < -0.3 is 19.6 Å². The number of amides is 1. The monoisotopic (exact) mass is 395 g/mol. The van der Waals surface area contributed by atoms with E-state index in [2.05, 4.69) is 21.2 Å². The maximum Gasteiger partial charge on any atom is 0.329 e. The van der Waals surface area contributed by atoms with E-state index in [0.29, 0.717) is 11.5 Å². The molecule has 2 aromatic rings. The number of rotatable bonds is 7. The highest BCUT2D eigenvalue weighted by atomic mass is 79.9. The van der Waals surface area contributed by atoms with E-state index < -0.39 is 17.4 Å². The third-order valence-corrected chi connectivity index (χ3v) is 4.12. The predicted octanol–water partition coefficient (Wildman–Crippen LogP) is 3.60. The SMILES string of the molecule is CCC(C)(NC(=O)c1ccc(COc2cccc(Br)c2)o1)C(=O)O. The van der Waals surface area contributed by atoms with Gasteiger partial charge in [-0.2, -0.15) is 0 Å². The first-order valence-corrected chi connectivity index (χ1v) is 8.16. The number of carboxylic acids is 1. The molecular formula is C17H18BrNO5. The predicted molar refractivity (Wildman–Crippen MR) is 91.0 cm³/mol. The van der Waals surface area contributed by atoms with Gasteiger partial charge in [0.1, 0.15) is 23.7 Å². The van der Waals surface area contributed by atoms with Crippen molar-refractivity contribution in [3.8, 4) is 5.75 Å². The Kier molecular flexibility index (Phi) is 5.66. The lowest BCUT2D eigenvalue weighted by Crippen LogP contribution is -2.51. The molecule has 7 heteroatoms. The molecule has 1 unspecified atom stereocenters. The van der Waals surface area contributed by atoms with E-state index in [1.807, 2.05) is 18.2 Å². The van der Waals surface area contributed by atoms with Crippen LogP contribution in [0.1, 0.15) is 36.6 Å². The van der Waals surface area contributed by atoms with Gasteiger partial charge in [-0.1, -0.05) is 28.9 Å². The minimum absolute atomic E-state index is 0.0452. The Balaban J connectivity index is 1.99. The van der Waals surface area contributed by atoms with Crippen molar-refractivity contribution in [3.05, 3.63) is 52.4 Å². The largest absolute Gasteiger partial charge is 0.486 e. The molecule has 1 atom stereocenters. The van der Waals surface area contributed by atoms with Gasteiger partial charge in [-0.05, 0) is 43.7 Å². The van der Waals surface area contributed by atoms with Crippen molar-refractivity contribution in [1.82, 2.24) is 5.32 Å². The molecule has 0 fully saturated rings. The zero-order valence-electron chi connectivity index (χ0n) is 13.3. The molecule has 0 aliphatic heterocycles. The number of halogens is 1. The minimum Gasteiger partial charge on any atom is -0.486 e. The summed E-state index contributed by atoms with van der Waals surface area (Å²) < 4.78 is 11.9. The summed E-state index contributed by atoms with van der Waals surface area (Å²) in [4.78, 5) is 23.4. The fraction of sp³-hybridized carbons (Fsp3) is 0.294. The third-order valence-electron chi connectivity index (χ3n) is 3.63. The first kappa shape index (κ1) is 18.1. The summed E-state index contributed by atoms with van der Waals surface area (Å²) in [7, 11) is 0. The minimum atomic E-state index is -1.34.